The predicted molar refractivity (Wildman–Crippen MR) is 255 cm³/mol. The van der Waals surface area contributed by atoms with Gasteiger partial charge in [-0.3, -0.25) is 9.59 Å². The molecule has 0 aliphatic rings. The molecule has 346 valence electrons. The van der Waals surface area contributed by atoms with Gasteiger partial charge in [0.25, 0.3) is 0 Å². The highest BCUT2D eigenvalue weighted by atomic mass is 16.5. The van der Waals surface area contributed by atoms with Gasteiger partial charge in [0, 0.05) is 6.42 Å². The molecule has 0 bridgehead atoms. The zero-order chi connectivity index (χ0) is 43.1. The molecule has 0 aromatic rings. The number of unbranched alkanes of at least 4 members (excludes halogenated alkanes) is 29. The Hall–Kier alpha value is -1.92. The summed E-state index contributed by atoms with van der Waals surface area (Å²) in [5.41, 5.74) is 0. The Labute approximate surface area is 366 Å². The summed E-state index contributed by atoms with van der Waals surface area (Å²) >= 11 is 0. The molecule has 0 radical (unpaired) electrons. The van der Waals surface area contributed by atoms with Crippen molar-refractivity contribution < 1.29 is 24.5 Å². The van der Waals surface area contributed by atoms with Crippen LogP contribution in [-0.4, -0.2) is 46.9 Å². The second-order valence-corrected chi connectivity index (χ2v) is 17.6. The van der Waals surface area contributed by atoms with Crippen LogP contribution in [0, 0.1) is 0 Å². The molecule has 6 nitrogen and oxygen atoms in total. The molecule has 0 aliphatic heterocycles. The van der Waals surface area contributed by atoms with Gasteiger partial charge in [0.1, 0.15) is 6.10 Å². The van der Waals surface area contributed by atoms with Crippen molar-refractivity contribution in [3.63, 3.8) is 0 Å². The maximum absolute atomic E-state index is 13.2. The third kappa shape index (κ3) is 42.6. The lowest BCUT2D eigenvalue weighted by molar-refractivity contribution is -0.151. The number of aliphatic hydroxyl groups excluding tert-OH is 2. The van der Waals surface area contributed by atoms with E-state index in [2.05, 4.69) is 62.5 Å². The standard InChI is InChI=1S/C53H99NO5/c1-4-7-10-13-16-19-22-25-28-31-34-37-40-43-46-53(58)59-49(44-41-38-35-32-29-26-23-20-17-14-11-8-5-2)47-52(57)54-50(48-55)51(56)45-42-39-36-33-30-27-24-21-18-15-12-9-6-3/h17,20,23,26,28,31,49-51,55-56H,4-16,18-19,21-22,24-25,27,29-30,32-48H2,1-3H3,(H,54,57)/b20-17+,26-23+,31-28-. The molecule has 0 aromatic carbocycles. The van der Waals surface area contributed by atoms with Gasteiger partial charge < -0.3 is 20.3 Å². The molecule has 0 fully saturated rings. The fourth-order valence-electron chi connectivity index (χ4n) is 7.77. The second kappa shape index (κ2) is 47.1. The summed E-state index contributed by atoms with van der Waals surface area (Å²) in [5, 5.41) is 23.7. The topological polar surface area (TPSA) is 95.9 Å². The first-order chi connectivity index (χ1) is 29.0. The number of nitrogens with one attached hydrogen (secondary N) is 1. The molecule has 1 amide bonds. The molecule has 0 rings (SSSR count). The molecule has 0 heterocycles. The van der Waals surface area contributed by atoms with Crippen molar-refractivity contribution in [2.45, 2.75) is 283 Å². The lowest BCUT2D eigenvalue weighted by atomic mass is 10.0. The van der Waals surface area contributed by atoms with Crippen LogP contribution in [0.15, 0.2) is 36.5 Å². The Balaban J connectivity index is 4.61. The summed E-state index contributed by atoms with van der Waals surface area (Å²) in [6.07, 6.45) is 54.8. The van der Waals surface area contributed by atoms with Gasteiger partial charge in [0.2, 0.25) is 5.91 Å². The number of hydrogen-bond acceptors (Lipinski definition) is 5. The first kappa shape index (κ1) is 57.1. The van der Waals surface area contributed by atoms with E-state index < -0.39 is 18.2 Å². The van der Waals surface area contributed by atoms with Crippen LogP contribution < -0.4 is 5.32 Å². The van der Waals surface area contributed by atoms with Gasteiger partial charge in [-0.25, -0.2) is 0 Å². The minimum absolute atomic E-state index is 0.0601. The lowest BCUT2D eigenvalue weighted by Crippen LogP contribution is -2.46. The Morgan fingerprint density at radius 3 is 1.34 bits per heavy atom. The van der Waals surface area contributed by atoms with Crippen LogP contribution in [0.4, 0.5) is 0 Å². The first-order valence-corrected chi connectivity index (χ1v) is 25.7. The van der Waals surface area contributed by atoms with E-state index in [0.29, 0.717) is 19.3 Å². The van der Waals surface area contributed by atoms with Gasteiger partial charge in [-0.05, 0) is 77.0 Å². The zero-order valence-electron chi connectivity index (χ0n) is 39.4. The van der Waals surface area contributed by atoms with Crippen LogP contribution in [0.5, 0.6) is 0 Å². The summed E-state index contributed by atoms with van der Waals surface area (Å²) in [6.45, 7) is 6.45. The average Bonchev–Trinajstić information content (AvgIpc) is 3.23. The largest absolute Gasteiger partial charge is 0.462 e. The predicted octanol–water partition coefficient (Wildman–Crippen LogP) is 15.3. The van der Waals surface area contributed by atoms with Gasteiger partial charge >= 0.3 is 5.97 Å². The van der Waals surface area contributed by atoms with Crippen molar-refractivity contribution in [2.75, 3.05) is 6.61 Å². The van der Waals surface area contributed by atoms with Crippen LogP contribution >= 0.6 is 0 Å². The molecule has 3 atom stereocenters. The third-order valence-corrected chi connectivity index (χ3v) is 11.7. The summed E-state index contributed by atoms with van der Waals surface area (Å²) in [5.74, 6) is -0.506. The number of carbonyl (C=O) groups is 2. The maximum atomic E-state index is 13.2. The monoisotopic (exact) mass is 830 g/mol. The van der Waals surface area contributed by atoms with E-state index in [1.807, 2.05) is 0 Å². The van der Waals surface area contributed by atoms with Crippen LogP contribution in [0.2, 0.25) is 0 Å². The fraction of sp³-hybridized carbons (Fsp3) is 0.849. The molecule has 0 aliphatic carbocycles. The molecule has 59 heavy (non-hydrogen) atoms. The lowest BCUT2D eigenvalue weighted by Gasteiger charge is -2.24. The number of aliphatic hydroxyl groups is 2. The fourth-order valence-corrected chi connectivity index (χ4v) is 7.77. The first-order valence-electron chi connectivity index (χ1n) is 25.7. The van der Waals surface area contributed by atoms with E-state index >= 15 is 0 Å². The summed E-state index contributed by atoms with van der Waals surface area (Å²) in [6, 6.07) is -0.708. The van der Waals surface area contributed by atoms with Crippen LogP contribution in [-0.2, 0) is 14.3 Å². The number of carbonyl (C=O) groups excluding carboxylic acids is 2. The number of rotatable bonds is 46. The number of hydrogen-bond donors (Lipinski definition) is 3. The summed E-state index contributed by atoms with van der Waals surface area (Å²) in [4.78, 5) is 26.1. The number of allylic oxidation sites excluding steroid dienone is 6. The Kier molecular flexibility index (Phi) is 45.6. The molecule has 3 N–H and O–H groups in total. The Morgan fingerprint density at radius 1 is 0.492 bits per heavy atom. The number of esters is 1. The van der Waals surface area contributed by atoms with Crippen molar-refractivity contribution in [1.29, 1.82) is 0 Å². The molecule has 6 heteroatoms. The van der Waals surface area contributed by atoms with Crippen molar-refractivity contribution in [3.8, 4) is 0 Å². The van der Waals surface area contributed by atoms with Crippen LogP contribution in [0.25, 0.3) is 0 Å². The highest BCUT2D eigenvalue weighted by Crippen LogP contribution is 2.17. The average molecular weight is 830 g/mol. The third-order valence-electron chi connectivity index (χ3n) is 11.7. The number of ether oxygens (including phenoxy) is 1. The molecule has 0 saturated carbocycles. The Morgan fingerprint density at radius 2 is 0.864 bits per heavy atom. The molecule has 0 saturated heterocycles. The smallest absolute Gasteiger partial charge is 0.306 e. The molecule has 0 aromatic heterocycles. The Bertz CT molecular complexity index is 977. The minimum Gasteiger partial charge on any atom is -0.462 e. The number of amides is 1. The van der Waals surface area contributed by atoms with Gasteiger partial charge in [-0.1, -0.05) is 211 Å². The van der Waals surface area contributed by atoms with Crippen molar-refractivity contribution in [2.24, 2.45) is 0 Å². The van der Waals surface area contributed by atoms with E-state index in [9.17, 15) is 19.8 Å². The molecular weight excluding hydrogens is 731 g/mol. The molecule has 3 unspecified atom stereocenters. The second-order valence-electron chi connectivity index (χ2n) is 17.6. The normalized spacial score (nSPS) is 13.5. The van der Waals surface area contributed by atoms with Crippen molar-refractivity contribution >= 4 is 11.9 Å². The van der Waals surface area contributed by atoms with E-state index in [4.69, 9.17) is 4.74 Å². The summed E-state index contributed by atoms with van der Waals surface area (Å²) < 4.78 is 5.91. The maximum Gasteiger partial charge on any atom is 0.306 e. The van der Waals surface area contributed by atoms with E-state index in [1.165, 1.54) is 135 Å². The minimum atomic E-state index is -0.793. The highest BCUT2D eigenvalue weighted by Gasteiger charge is 2.24. The summed E-state index contributed by atoms with van der Waals surface area (Å²) in [7, 11) is 0. The van der Waals surface area contributed by atoms with Gasteiger partial charge in [0.05, 0.1) is 25.2 Å². The quantitative estimate of drug-likeness (QED) is 0.0246. The van der Waals surface area contributed by atoms with Crippen molar-refractivity contribution in [1.82, 2.24) is 5.32 Å². The van der Waals surface area contributed by atoms with E-state index in [-0.39, 0.29) is 24.9 Å². The highest BCUT2D eigenvalue weighted by molar-refractivity contribution is 5.77. The van der Waals surface area contributed by atoms with Crippen LogP contribution in [0.3, 0.4) is 0 Å². The van der Waals surface area contributed by atoms with Gasteiger partial charge in [-0.2, -0.15) is 0 Å². The van der Waals surface area contributed by atoms with Crippen LogP contribution in [0.1, 0.15) is 265 Å². The molecule has 0 spiro atoms. The van der Waals surface area contributed by atoms with E-state index in [0.717, 1.165) is 83.5 Å². The molecular formula is C53H99NO5. The SMILES string of the molecule is CCCCC/C=C/C=C/CCCCCCC(CC(=O)NC(CO)C(O)CCCCCCCCCCCCCCC)OC(=O)CCCCC/C=C\CCCCCCCCC. The van der Waals surface area contributed by atoms with Gasteiger partial charge in [0.15, 0.2) is 0 Å². The zero-order valence-corrected chi connectivity index (χ0v) is 39.4. The van der Waals surface area contributed by atoms with Gasteiger partial charge in [-0.15, -0.1) is 0 Å². The van der Waals surface area contributed by atoms with Crippen molar-refractivity contribution in [3.05, 3.63) is 36.5 Å². The van der Waals surface area contributed by atoms with E-state index in [1.54, 1.807) is 0 Å².